The number of carbonyl (C=O) groups is 1. The zero-order valence-electron chi connectivity index (χ0n) is 12.3. The Morgan fingerprint density at radius 1 is 1.65 bits per heavy atom. The predicted molar refractivity (Wildman–Crippen MR) is 84.6 cm³/mol. The lowest BCUT2D eigenvalue weighted by atomic mass is 9.97. The maximum absolute atomic E-state index is 12.3. The molecule has 7 heteroatoms. The SMILES string of the molecule is CCn1c([C@H]2CCCN(C(=O)[C@H](C)SC)C2)n[nH]c1=S. The van der Waals surface area contributed by atoms with Gasteiger partial charge in [-0.2, -0.15) is 16.9 Å². The average Bonchev–Trinajstić information content (AvgIpc) is 2.86. The minimum atomic E-state index is 0.0285. The number of thioether (sulfide) groups is 1. The molecule has 2 rings (SSSR count). The smallest absolute Gasteiger partial charge is 0.235 e. The number of piperidine rings is 1. The van der Waals surface area contributed by atoms with Crippen molar-refractivity contribution in [2.75, 3.05) is 19.3 Å². The van der Waals surface area contributed by atoms with Gasteiger partial charge in [0, 0.05) is 25.6 Å². The van der Waals surface area contributed by atoms with E-state index in [1.54, 1.807) is 11.8 Å². The molecule has 0 unspecified atom stereocenters. The van der Waals surface area contributed by atoms with Gasteiger partial charge in [-0.15, -0.1) is 0 Å². The largest absolute Gasteiger partial charge is 0.341 e. The number of hydrogen-bond acceptors (Lipinski definition) is 4. The monoisotopic (exact) mass is 314 g/mol. The highest BCUT2D eigenvalue weighted by Gasteiger charge is 2.29. The number of nitrogens with zero attached hydrogens (tertiary/aromatic N) is 3. The minimum absolute atomic E-state index is 0.0285. The maximum Gasteiger partial charge on any atom is 0.235 e. The predicted octanol–water partition coefficient (Wildman–Crippen LogP) is 2.42. The van der Waals surface area contributed by atoms with E-state index in [9.17, 15) is 4.79 Å². The van der Waals surface area contributed by atoms with Crippen LogP contribution in [0.2, 0.25) is 0 Å². The highest BCUT2D eigenvalue weighted by atomic mass is 32.2. The molecule has 0 saturated carbocycles. The van der Waals surface area contributed by atoms with E-state index in [1.807, 2.05) is 22.6 Å². The third-order valence-electron chi connectivity index (χ3n) is 3.90. The van der Waals surface area contributed by atoms with E-state index in [1.165, 1.54) is 0 Å². The third-order valence-corrected chi connectivity index (χ3v) is 5.12. The quantitative estimate of drug-likeness (QED) is 0.867. The Hall–Kier alpha value is -0.820. The fraction of sp³-hybridized carbons (Fsp3) is 0.769. The van der Waals surface area contributed by atoms with E-state index >= 15 is 0 Å². The Morgan fingerprint density at radius 3 is 3.05 bits per heavy atom. The van der Waals surface area contributed by atoms with Gasteiger partial charge in [0.05, 0.1) is 5.25 Å². The van der Waals surface area contributed by atoms with Crippen LogP contribution in [0.1, 0.15) is 38.4 Å². The first-order chi connectivity index (χ1) is 9.58. The number of rotatable bonds is 4. The second kappa shape index (κ2) is 6.76. The van der Waals surface area contributed by atoms with Gasteiger partial charge in [0.2, 0.25) is 5.91 Å². The average molecular weight is 314 g/mol. The van der Waals surface area contributed by atoms with Crippen molar-refractivity contribution >= 4 is 29.9 Å². The van der Waals surface area contributed by atoms with Crippen LogP contribution in [0, 0.1) is 4.77 Å². The van der Waals surface area contributed by atoms with Gasteiger partial charge in [0.15, 0.2) is 4.77 Å². The van der Waals surface area contributed by atoms with Crippen LogP contribution in [-0.2, 0) is 11.3 Å². The number of nitrogens with one attached hydrogen (secondary N) is 1. The Morgan fingerprint density at radius 2 is 2.40 bits per heavy atom. The Bertz CT molecular complexity index is 525. The van der Waals surface area contributed by atoms with Crippen molar-refractivity contribution in [2.45, 2.75) is 44.4 Å². The summed E-state index contributed by atoms with van der Waals surface area (Å²) in [6, 6.07) is 0. The van der Waals surface area contributed by atoms with Crippen LogP contribution in [0.4, 0.5) is 0 Å². The second-order valence-electron chi connectivity index (χ2n) is 5.13. The lowest BCUT2D eigenvalue weighted by molar-refractivity contribution is -0.131. The number of H-pyrrole nitrogens is 1. The van der Waals surface area contributed by atoms with Crippen molar-refractivity contribution in [1.29, 1.82) is 0 Å². The summed E-state index contributed by atoms with van der Waals surface area (Å²) < 4.78 is 2.70. The molecule has 0 bridgehead atoms. The molecular weight excluding hydrogens is 292 g/mol. The van der Waals surface area contributed by atoms with Crippen molar-refractivity contribution < 1.29 is 4.79 Å². The summed E-state index contributed by atoms with van der Waals surface area (Å²) in [5, 5.41) is 7.27. The van der Waals surface area contributed by atoms with E-state index < -0.39 is 0 Å². The molecule has 20 heavy (non-hydrogen) atoms. The lowest BCUT2D eigenvalue weighted by Gasteiger charge is -2.33. The van der Waals surface area contributed by atoms with E-state index in [2.05, 4.69) is 17.1 Å². The highest BCUT2D eigenvalue weighted by Crippen LogP contribution is 2.27. The lowest BCUT2D eigenvalue weighted by Crippen LogP contribution is -2.43. The number of likely N-dealkylation sites (tertiary alicyclic amines) is 1. The molecule has 0 aromatic carbocycles. The van der Waals surface area contributed by atoms with Crippen LogP contribution < -0.4 is 0 Å². The summed E-state index contributed by atoms with van der Waals surface area (Å²) in [6.45, 7) is 6.46. The summed E-state index contributed by atoms with van der Waals surface area (Å²) in [4.78, 5) is 14.3. The normalized spacial score (nSPS) is 20.9. The van der Waals surface area contributed by atoms with Gasteiger partial charge in [-0.25, -0.2) is 0 Å². The Kier molecular flexibility index (Phi) is 5.26. The molecule has 1 saturated heterocycles. The molecule has 1 N–H and O–H groups in total. The molecule has 0 aliphatic carbocycles. The second-order valence-corrected chi connectivity index (χ2v) is 6.70. The molecule has 1 amide bonds. The van der Waals surface area contributed by atoms with Crippen molar-refractivity contribution in [3.63, 3.8) is 0 Å². The van der Waals surface area contributed by atoms with Gasteiger partial charge in [-0.3, -0.25) is 9.89 Å². The fourth-order valence-corrected chi connectivity index (χ4v) is 3.31. The van der Waals surface area contributed by atoms with Crippen LogP contribution in [0.5, 0.6) is 0 Å². The molecule has 0 spiro atoms. The van der Waals surface area contributed by atoms with E-state index in [4.69, 9.17) is 12.2 Å². The van der Waals surface area contributed by atoms with Crippen LogP contribution >= 0.6 is 24.0 Å². The standard InChI is InChI=1S/C13H22N4OS2/c1-4-17-11(14-15-13(17)19)10-6-5-7-16(8-10)12(18)9(2)20-3/h9-10H,4-8H2,1-3H3,(H,15,19)/t9-,10-/m0/s1. The third kappa shape index (κ3) is 3.09. The summed E-state index contributed by atoms with van der Waals surface area (Å²) in [5.74, 6) is 1.51. The van der Waals surface area contributed by atoms with Crippen LogP contribution in [0.15, 0.2) is 0 Å². The summed E-state index contributed by atoms with van der Waals surface area (Å²) in [6.07, 6.45) is 4.07. The Labute approximate surface area is 129 Å². The number of hydrogen-bond donors (Lipinski definition) is 1. The van der Waals surface area contributed by atoms with E-state index in [-0.39, 0.29) is 17.1 Å². The van der Waals surface area contributed by atoms with Gasteiger partial charge < -0.3 is 9.47 Å². The van der Waals surface area contributed by atoms with E-state index in [0.717, 1.165) is 38.3 Å². The van der Waals surface area contributed by atoms with Gasteiger partial charge in [-0.1, -0.05) is 0 Å². The zero-order chi connectivity index (χ0) is 14.7. The highest BCUT2D eigenvalue weighted by molar-refractivity contribution is 7.99. The first-order valence-corrected chi connectivity index (χ1v) is 8.74. The molecule has 5 nitrogen and oxygen atoms in total. The molecule has 1 fully saturated rings. The van der Waals surface area contributed by atoms with Crippen molar-refractivity contribution in [3.8, 4) is 0 Å². The number of carbonyl (C=O) groups excluding carboxylic acids is 1. The molecule has 1 aromatic rings. The van der Waals surface area contributed by atoms with Crippen LogP contribution in [0.25, 0.3) is 0 Å². The van der Waals surface area contributed by atoms with Crippen LogP contribution in [0.3, 0.4) is 0 Å². The Balaban J connectivity index is 2.14. The zero-order valence-corrected chi connectivity index (χ0v) is 13.9. The van der Waals surface area contributed by atoms with Crippen molar-refractivity contribution in [1.82, 2.24) is 19.7 Å². The first-order valence-electron chi connectivity index (χ1n) is 7.05. The molecule has 1 aromatic heterocycles. The number of aromatic nitrogens is 3. The van der Waals surface area contributed by atoms with Crippen LogP contribution in [-0.4, -0.2) is 50.2 Å². The summed E-state index contributed by atoms with van der Waals surface area (Å²) >= 11 is 6.84. The van der Waals surface area contributed by atoms with Crippen molar-refractivity contribution in [2.24, 2.45) is 0 Å². The summed E-state index contributed by atoms with van der Waals surface area (Å²) in [5.41, 5.74) is 0. The molecule has 2 heterocycles. The van der Waals surface area contributed by atoms with Crippen molar-refractivity contribution in [3.05, 3.63) is 10.6 Å². The molecule has 112 valence electrons. The molecule has 1 aliphatic heterocycles. The van der Waals surface area contributed by atoms with Gasteiger partial charge >= 0.3 is 0 Å². The summed E-state index contributed by atoms with van der Waals surface area (Å²) in [7, 11) is 0. The molecule has 0 radical (unpaired) electrons. The molecule has 2 atom stereocenters. The van der Waals surface area contributed by atoms with Gasteiger partial charge in [-0.05, 0) is 45.2 Å². The maximum atomic E-state index is 12.3. The molecular formula is C13H22N4OS2. The van der Waals surface area contributed by atoms with Gasteiger partial charge in [0.25, 0.3) is 0 Å². The first kappa shape index (κ1) is 15.6. The fourth-order valence-electron chi connectivity index (χ4n) is 2.69. The van der Waals surface area contributed by atoms with E-state index in [0.29, 0.717) is 4.77 Å². The number of amides is 1. The number of aromatic amines is 1. The topological polar surface area (TPSA) is 53.9 Å². The minimum Gasteiger partial charge on any atom is -0.341 e. The van der Waals surface area contributed by atoms with Gasteiger partial charge in [0.1, 0.15) is 5.82 Å². The molecule has 1 aliphatic rings.